The normalized spacial score (nSPS) is 11.5. The molecule has 0 bridgehead atoms. The van der Waals surface area contributed by atoms with Crippen LogP contribution in [0.3, 0.4) is 0 Å². The van der Waals surface area contributed by atoms with Crippen molar-refractivity contribution in [3.8, 4) is 0 Å². The molecule has 3 aromatic heterocycles. The Bertz CT molecular complexity index is 1030. The summed E-state index contributed by atoms with van der Waals surface area (Å²) in [5.41, 5.74) is 4.53. The summed E-state index contributed by atoms with van der Waals surface area (Å²) < 4.78 is 20.0. The van der Waals surface area contributed by atoms with E-state index in [4.69, 9.17) is 4.74 Å². The highest BCUT2D eigenvalue weighted by molar-refractivity contribution is 7.12. The molecular formula is C17H18FN5O2S. The number of hydrogen-bond donors (Lipinski definition) is 1. The second kappa shape index (κ2) is 7.71. The predicted molar refractivity (Wildman–Crippen MR) is 101 cm³/mol. The van der Waals surface area contributed by atoms with Crippen molar-refractivity contribution < 1.29 is 9.13 Å². The number of hydrogen-bond acceptors (Lipinski definition) is 7. The summed E-state index contributed by atoms with van der Waals surface area (Å²) in [6, 6.07) is 4.83. The highest BCUT2D eigenvalue weighted by Crippen LogP contribution is 2.17. The molecule has 0 saturated heterocycles. The van der Waals surface area contributed by atoms with Gasteiger partial charge in [-0.15, -0.1) is 11.3 Å². The van der Waals surface area contributed by atoms with Gasteiger partial charge in [-0.3, -0.25) is 9.36 Å². The quantitative estimate of drug-likeness (QED) is 0.529. The van der Waals surface area contributed by atoms with E-state index in [1.54, 1.807) is 17.7 Å². The minimum absolute atomic E-state index is 0.255. The standard InChI is InChI=1S/C17H18FN5O2S/c1-10-8-11(2)20-15-14(10)16(24)21-17(23(15)6-7-25-3)22-19-9-12-4-5-13(18)26-12/h4-5,8-9H,6-7H2,1-3H3,(H,21,22,24)/b19-9+. The molecular weight excluding hydrogens is 357 g/mol. The van der Waals surface area contributed by atoms with Crippen LogP contribution < -0.4 is 11.0 Å². The van der Waals surface area contributed by atoms with Crippen molar-refractivity contribution >= 4 is 34.5 Å². The molecule has 0 unspecified atom stereocenters. The van der Waals surface area contributed by atoms with Gasteiger partial charge in [-0.2, -0.15) is 14.5 Å². The van der Waals surface area contributed by atoms with E-state index < -0.39 is 0 Å². The lowest BCUT2D eigenvalue weighted by atomic mass is 10.2. The van der Waals surface area contributed by atoms with Gasteiger partial charge in [0.05, 0.1) is 29.6 Å². The van der Waals surface area contributed by atoms with Gasteiger partial charge < -0.3 is 4.74 Å². The third kappa shape index (κ3) is 3.78. The molecule has 0 saturated carbocycles. The number of nitrogens with zero attached hydrogens (tertiary/aromatic N) is 4. The highest BCUT2D eigenvalue weighted by atomic mass is 32.1. The molecule has 3 heterocycles. The van der Waals surface area contributed by atoms with Gasteiger partial charge in [-0.05, 0) is 37.6 Å². The van der Waals surface area contributed by atoms with Crippen LogP contribution in [0.5, 0.6) is 0 Å². The first-order valence-corrected chi connectivity index (χ1v) is 8.73. The van der Waals surface area contributed by atoms with Crippen LogP contribution in [0, 0.1) is 19.0 Å². The number of aryl methyl sites for hydroxylation is 2. The Balaban J connectivity index is 2.05. The Morgan fingerprint density at radius 2 is 2.19 bits per heavy atom. The fourth-order valence-electron chi connectivity index (χ4n) is 2.62. The van der Waals surface area contributed by atoms with Crippen LogP contribution >= 0.6 is 11.3 Å². The number of methoxy groups -OCH3 is 1. The highest BCUT2D eigenvalue weighted by Gasteiger charge is 2.14. The lowest BCUT2D eigenvalue weighted by Crippen LogP contribution is -2.21. The van der Waals surface area contributed by atoms with Crippen LogP contribution in [0.15, 0.2) is 28.1 Å². The molecule has 0 radical (unpaired) electrons. The molecule has 0 spiro atoms. The number of aromatic nitrogens is 3. The van der Waals surface area contributed by atoms with Crippen LogP contribution in [0.1, 0.15) is 16.1 Å². The monoisotopic (exact) mass is 375 g/mol. The summed E-state index contributed by atoms with van der Waals surface area (Å²) in [4.78, 5) is 21.7. The number of anilines is 1. The molecule has 0 atom stereocenters. The molecule has 0 aliphatic rings. The first-order chi connectivity index (χ1) is 12.5. The minimum Gasteiger partial charge on any atom is -0.383 e. The maximum Gasteiger partial charge on any atom is 0.284 e. The van der Waals surface area contributed by atoms with Gasteiger partial charge in [0, 0.05) is 12.8 Å². The zero-order valence-electron chi connectivity index (χ0n) is 14.6. The molecule has 0 aromatic carbocycles. The van der Waals surface area contributed by atoms with E-state index in [0.29, 0.717) is 29.1 Å². The third-order valence-electron chi connectivity index (χ3n) is 3.73. The fourth-order valence-corrected chi connectivity index (χ4v) is 3.22. The van der Waals surface area contributed by atoms with Crippen molar-refractivity contribution in [2.24, 2.45) is 5.10 Å². The minimum atomic E-state index is -0.376. The van der Waals surface area contributed by atoms with Crippen LogP contribution in [-0.2, 0) is 11.3 Å². The van der Waals surface area contributed by atoms with Gasteiger partial charge in [-0.25, -0.2) is 10.4 Å². The van der Waals surface area contributed by atoms with Gasteiger partial charge in [0.1, 0.15) is 5.65 Å². The maximum absolute atomic E-state index is 13.0. The van der Waals surface area contributed by atoms with Crippen LogP contribution in [0.25, 0.3) is 11.0 Å². The molecule has 0 amide bonds. The lowest BCUT2D eigenvalue weighted by molar-refractivity contribution is 0.188. The molecule has 9 heteroatoms. The molecule has 3 aromatic rings. The molecule has 1 N–H and O–H groups in total. The summed E-state index contributed by atoms with van der Waals surface area (Å²) in [7, 11) is 1.60. The van der Waals surface area contributed by atoms with Gasteiger partial charge in [-0.1, -0.05) is 0 Å². The van der Waals surface area contributed by atoms with E-state index in [0.717, 1.165) is 22.6 Å². The topological polar surface area (TPSA) is 81.4 Å². The van der Waals surface area contributed by atoms with Crippen molar-refractivity contribution in [2.75, 3.05) is 19.1 Å². The maximum atomic E-state index is 13.0. The van der Waals surface area contributed by atoms with Crippen molar-refractivity contribution in [1.82, 2.24) is 14.5 Å². The van der Waals surface area contributed by atoms with Crippen molar-refractivity contribution in [3.63, 3.8) is 0 Å². The number of thiophene rings is 1. The number of fused-ring (bicyclic) bond motifs is 1. The SMILES string of the molecule is COCCn1c(N/N=C/c2ccc(F)s2)nc(=O)c2c(C)cc(C)nc21. The second-order valence-electron chi connectivity index (χ2n) is 5.68. The average molecular weight is 375 g/mol. The van der Waals surface area contributed by atoms with Gasteiger partial charge >= 0.3 is 0 Å². The number of hydrazone groups is 1. The molecule has 0 aliphatic heterocycles. The first kappa shape index (κ1) is 18.2. The van der Waals surface area contributed by atoms with Crippen LogP contribution in [0.2, 0.25) is 0 Å². The summed E-state index contributed by atoms with van der Waals surface area (Å²) in [5.74, 6) is 0.255. The second-order valence-corrected chi connectivity index (χ2v) is 6.74. The summed E-state index contributed by atoms with van der Waals surface area (Å²) in [6.07, 6.45) is 1.47. The third-order valence-corrected chi connectivity index (χ3v) is 4.54. The zero-order chi connectivity index (χ0) is 18.7. The molecule has 136 valence electrons. The number of ether oxygens (including phenoxy) is 1. The lowest BCUT2D eigenvalue weighted by Gasteiger charge is -2.15. The van der Waals surface area contributed by atoms with Gasteiger partial charge in [0.2, 0.25) is 5.95 Å². The Hall–Kier alpha value is -2.65. The van der Waals surface area contributed by atoms with Gasteiger partial charge in [0.15, 0.2) is 5.13 Å². The molecule has 26 heavy (non-hydrogen) atoms. The van der Waals surface area contributed by atoms with Crippen molar-refractivity contribution in [3.05, 3.63) is 49.8 Å². The van der Waals surface area contributed by atoms with Gasteiger partial charge in [0.25, 0.3) is 5.56 Å². The largest absolute Gasteiger partial charge is 0.383 e. The number of pyridine rings is 1. The van der Waals surface area contributed by atoms with E-state index in [9.17, 15) is 9.18 Å². The summed E-state index contributed by atoms with van der Waals surface area (Å²) in [6.45, 7) is 4.59. The Labute approximate surface area is 153 Å². The van der Waals surface area contributed by atoms with E-state index in [1.807, 2.05) is 19.9 Å². The van der Waals surface area contributed by atoms with Crippen LogP contribution in [0.4, 0.5) is 10.3 Å². The zero-order valence-corrected chi connectivity index (χ0v) is 15.4. The smallest absolute Gasteiger partial charge is 0.284 e. The Morgan fingerprint density at radius 3 is 2.88 bits per heavy atom. The van der Waals surface area contributed by atoms with E-state index >= 15 is 0 Å². The number of halogens is 1. The predicted octanol–water partition coefficient (Wildman–Crippen LogP) is 2.70. The summed E-state index contributed by atoms with van der Waals surface area (Å²) in [5, 5.41) is 4.25. The first-order valence-electron chi connectivity index (χ1n) is 7.91. The van der Waals surface area contributed by atoms with E-state index in [-0.39, 0.29) is 16.6 Å². The van der Waals surface area contributed by atoms with E-state index in [1.165, 1.54) is 12.3 Å². The number of nitrogens with one attached hydrogen (secondary N) is 1. The number of rotatable bonds is 6. The molecule has 0 fully saturated rings. The Kier molecular flexibility index (Phi) is 5.38. The average Bonchev–Trinajstić information content (AvgIpc) is 2.99. The van der Waals surface area contributed by atoms with Crippen LogP contribution in [-0.4, -0.2) is 34.5 Å². The van der Waals surface area contributed by atoms with E-state index in [2.05, 4.69) is 20.5 Å². The molecule has 7 nitrogen and oxygen atoms in total. The summed E-state index contributed by atoms with van der Waals surface area (Å²) >= 11 is 0.973. The molecule has 0 aliphatic carbocycles. The van der Waals surface area contributed by atoms with Crippen molar-refractivity contribution in [1.29, 1.82) is 0 Å². The molecule has 3 rings (SSSR count). The fraction of sp³-hybridized carbons (Fsp3) is 0.294. The Morgan fingerprint density at radius 1 is 1.38 bits per heavy atom. The van der Waals surface area contributed by atoms with Crippen molar-refractivity contribution in [2.45, 2.75) is 20.4 Å².